The summed E-state index contributed by atoms with van der Waals surface area (Å²) in [6, 6.07) is 7.40. The molecule has 24 heavy (non-hydrogen) atoms. The highest BCUT2D eigenvalue weighted by Gasteiger charge is 2.05. The van der Waals surface area contributed by atoms with Gasteiger partial charge in [0.25, 0.3) is 0 Å². The zero-order valence-electron chi connectivity index (χ0n) is 13.0. The molecular formula is C16H12N8. The molecule has 8 nitrogen and oxygen atoms in total. The van der Waals surface area contributed by atoms with Crippen LogP contribution in [0.25, 0.3) is 0 Å². The maximum Gasteiger partial charge on any atom is 0.174 e. The van der Waals surface area contributed by atoms with Crippen molar-refractivity contribution in [2.24, 2.45) is 9.98 Å². The fourth-order valence-electron chi connectivity index (χ4n) is 1.39. The number of nitriles is 4. The SMILES string of the molecule is CC1=C/N/C(C#N)=C(C#N)/N=C/C(C)=C\N/C(C#N)=C(C#N)/N=C\1. The van der Waals surface area contributed by atoms with E-state index in [1.54, 1.807) is 13.8 Å². The molecule has 0 saturated carbocycles. The Morgan fingerprint density at radius 3 is 1.38 bits per heavy atom. The maximum atomic E-state index is 9.13. The molecule has 8 heteroatoms. The van der Waals surface area contributed by atoms with E-state index in [4.69, 9.17) is 21.0 Å². The summed E-state index contributed by atoms with van der Waals surface area (Å²) in [6.07, 6.45) is 5.60. The molecule has 0 aromatic rings. The number of nitrogens with one attached hydrogen (secondary N) is 2. The first kappa shape index (κ1) is 17.9. The van der Waals surface area contributed by atoms with Crippen LogP contribution in [-0.2, 0) is 0 Å². The number of hydrogen-bond donors (Lipinski definition) is 2. The highest BCUT2D eigenvalue weighted by molar-refractivity contribution is 5.80. The van der Waals surface area contributed by atoms with Crippen LogP contribution in [0.15, 0.2) is 56.3 Å². The summed E-state index contributed by atoms with van der Waals surface area (Å²) in [7, 11) is 0. The van der Waals surface area contributed by atoms with Gasteiger partial charge in [-0.2, -0.15) is 21.0 Å². The second kappa shape index (κ2) is 9.00. The first-order valence-corrected chi connectivity index (χ1v) is 6.59. The molecule has 0 radical (unpaired) electrons. The molecule has 0 aliphatic carbocycles. The Bertz CT molecular complexity index is 793. The highest BCUT2D eigenvalue weighted by Crippen LogP contribution is 2.06. The Labute approximate surface area is 139 Å². The van der Waals surface area contributed by atoms with Crippen molar-refractivity contribution in [1.29, 1.82) is 21.0 Å². The van der Waals surface area contributed by atoms with E-state index in [1.807, 2.05) is 24.3 Å². The molecule has 1 rings (SSSR count). The molecule has 0 amide bonds. The summed E-state index contributed by atoms with van der Waals surface area (Å²) in [5, 5.41) is 41.8. The van der Waals surface area contributed by atoms with Gasteiger partial charge in [-0.1, -0.05) is 0 Å². The molecule has 0 fully saturated rings. The van der Waals surface area contributed by atoms with E-state index in [0.29, 0.717) is 11.1 Å². The van der Waals surface area contributed by atoms with Gasteiger partial charge >= 0.3 is 0 Å². The number of hydrogen-bond acceptors (Lipinski definition) is 8. The van der Waals surface area contributed by atoms with Crippen molar-refractivity contribution in [2.45, 2.75) is 13.8 Å². The normalized spacial score (nSPS) is 28.4. The molecule has 2 N–H and O–H groups in total. The second-order valence-electron chi connectivity index (χ2n) is 4.48. The summed E-state index contributed by atoms with van der Waals surface area (Å²) in [4.78, 5) is 7.90. The fraction of sp³-hybridized carbons (Fsp3) is 0.125. The smallest absolute Gasteiger partial charge is 0.174 e. The van der Waals surface area contributed by atoms with Crippen LogP contribution in [0, 0.1) is 45.3 Å². The number of aliphatic imine (C=N–C) groups is 2. The van der Waals surface area contributed by atoms with Crippen LogP contribution >= 0.6 is 0 Å². The fourth-order valence-corrected chi connectivity index (χ4v) is 1.39. The molecule has 0 atom stereocenters. The molecule has 0 unspecified atom stereocenters. The third-order valence-corrected chi connectivity index (χ3v) is 2.59. The lowest BCUT2D eigenvalue weighted by molar-refractivity contribution is 1.06. The molecule has 1 aliphatic rings. The van der Waals surface area contributed by atoms with Gasteiger partial charge in [0.15, 0.2) is 22.8 Å². The number of nitrogens with zero attached hydrogens (tertiary/aromatic N) is 6. The summed E-state index contributed by atoms with van der Waals surface area (Å²) < 4.78 is 0. The van der Waals surface area contributed by atoms with Gasteiger partial charge in [-0.05, 0) is 25.0 Å². The van der Waals surface area contributed by atoms with Crippen molar-refractivity contribution in [2.75, 3.05) is 0 Å². The monoisotopic (exact) mass is 316 g/mol. The molecule has 0 aromatic heterocycles. The first-order valence-electron chi connectivity index (χ1n) is 6.59. The minimum Gasteiger partial charge on any atom is -0.350 e. The topological polar surface area (TPSA) is 144 Å². The van der Waals surface area contributed by atoms with Crippen LogP contribution < -0.4 is 10.6 Å². The lowest BCUT2D eigenvalue weighted by atomic mass is 10.3. The van der Waals surface area contributed by atoms with Crippen LogP contribution in [0.4, 0.5) is 0 Å². The molecule has 0 spiro atoms. The van der Waals surface area contributed by atoms with Gasteiger partial charge in [-0.15, -0.1) is 0 Å². The predicted octanol–water partition coefficient (Wildman–Crippen LogP) is 1.65. The van der Waals surface area contributed by atoms with E-state index in [9.17, 15) is 0 Å². The average Bonchev–Trinajstić information content (AvgIpc) is 2.59. The van der Waals surface area contributed by atoms with Crippen LogP contribution in [-0.4, -0.2) is 12.4 Å². The summed E-state index contributed by atoms with van der Waals surface area (Å²) in [6.45, 7) is 3.34. The predicted molar refractivity (Wildman–Crippen MR) is 87.3 cm³/mol. The Morgan fingerprint density at radius 2 is 1.08 bits per heavy atom. The lowest BCUT2D eigenvalue weighted by Crippen LogP contribution is -2.09. The van der Waals surface area contributed by atoms with Crippen molar-refractivity contribution in [3.05, 3.63) is 46.3 Å². The minimum absolute atomic E-state index is 0.0203. The lowest BCUT2D eigenvalue weighted by Gasteiger charge is -2.03. The highest BCUT2D eigenvalue weighted by atomic mass is 14.9. The van der Waals surface area contributed by atoms with E-state index in [0.717, 1.165) is 0 Å². The zero-order chi connectivity index (χ0) is 17.9. The van der Waals surface area contributed by atoms with Gasteiger partial charge in [0, 0.05) is 24.8 Å². The molecule has 0 aromatic carbocycles. The summed E-state index contributed by atoms with van der Waals surface area (Å²) in [5.74, 6) is 0. The third kappa shape index (κ3) is 5.00. The van der Waals surface area contributed by atoms with Crippen molar-refractivity contribution in [1.82, 2.24) is 10.6 Å². The van der Waals surface area contributed by atoms with Crippen molar-refractivity contribution in [3.63, 3.8) is 0 Å². The van der Waals surface area contributed by atoms with E-state index < -0.39 is 0 Å². The Kier molecular flexibility index (Phi) is 6.71. The minimum atomic E-state index is -0.0861. The molecule has 0 bridgehead atoms. The van der Waals surface area contributed by atoms with Crippen molar-refractivity contribution >= 4 is 12.4 Å². The van der Waals surface area contributed by atoms with E-state index >= 15 is 0 Å². The van der Waals surface area contributed by atoms with E-state index in [2.05, 4.69) is 20.6 Å². The van der Waals surface area contributed by atoms with E-state index in [1.165, 1.54) is 24.8 Å². The molecule has 116 valence electrons. The summed E-state index contributed by atoms with van der Waals surface area (Å²) in [5.41, 5.74) is 0.922. The number of rotatable bonds is 0. The van der Waals surface area contributed by atoms with Crippen molar-refractivity contribution < 1.29 is 0 Å². The Hall–Kier alpha value is -4.14. The average molecular weight is 316 g/mol. The van der Waals surface area contributed by atoms with E-state index in [-0.39, 0.29) is 22.8 Å². The second-order valence-corrected chi connectivity index (χ2v) is 4.48. The van der Waals surface area contributed by atoms with Gasteiger partial charge in [-0.25, -0.2) is 9.98 Å². The molecule has 1 heterocycles. The molecular weight excluding hydrogens is 304 g/mol. The molecule has 1 aliphatic heterocycles. The molecule has 0 saturated heterocycles. The van der Waals surface area contributed by atoms with Crippen molar-refractivity contribution in [3.8, 4) is 24.3 Å². The largest absolute Gasteiger partial charge is 0.350 e. The van der Waals surface area contributed by atoms with Gasteiger partial charge in [0.2, 0.25) is 0 Å². The van der Waals surface area contributed by atoms with Gasteiger partial charge < -0.3 is 10.6 Å². The van der Waals surface area contributed by atoms with Gasteiger partial charge in [0.05, 0.1) is 0 Å². The van der Waals surface area contributed by atoms with Crippen LogP contribution in [0.5, 0.6) is 0 Å². The Balaban J connectivity index is 3.48. The zero-order valence-corrected chi connectivity index (χ0v) is 13.0. The third-order valence-electron chi connectivity index (χ3n) is 2.59. The summed E-state index contributed by atoms with van der Waals surface area (Å²) >= 11 is 0. The standard InChI is InChI=1S/C16H12N8/c1-11-7-21-13(3-17)15(5-19)23-9-12(2)10-24-16(6-20)14(4-18)22-8-11/h7-10,21,24H,1-2H3/b11-7-,12-10-,15-13+,16-14+,22-8-,23-9+. The number of allylic oxidation sites excluding steroid dienone is 6. The van der Waals surface area contributed by atoms with Gasteiger partial charge in [0.1, 0.15) is 24.3 Å². The van der Waals surface area contributed by atoms with Crippen LogP contribution in [0.3, 0.4) is 0 Å². The quantitative estimate of drug-likeness (QED) is 0.695. The maximum absolute atomic E-state index is 9.13. The first-order chi connectivity index (χ1) is 11.5. The van der Waals surface area contributed by atoms with Gasteiger partial charge in [-0.3, -0.25) is 0 Å². The Morgan fingerprint density at radius 1 is 0.708 bits per heavy atom. The van der Waals surface area contributed by atoms with Crippen LogP contribution in [0.1, 0.15) is 13.8 Å². The van der Waals surface area contributed by atoms with Crippen LogP contribution in [0.2, 0.25) is 0 Å².